The Morgan fingerprint density at radius 3 is 2.90 bits per heavy atom. The van der Waals surface area contributed by atoms with Crippen molar-refractivity contribution in [3.8, 4) is 0 Å². The zero-order valence-electron chi connectivity index (χ0n) is 10.7. The summed E-state index contributed by atoms with van der Waals surface area (Å²) in [5.74, 6) is -0.982. The third-order valence-electron chi connectivity index (χ3n) is 3.41. The van der Waals surface area contributed by atoms with Gasteiger partial charge in [0.05, 0.1) is 18.3 Å². The fourth-order valence-corrected chi connectivity index (χ4v) is 2.37. The van der Waals surface area contributed by atoms with Gasteiger partial charge in [-0.3, -0.25) is 4.79 Å². The van der Waals surface area contributed by atoms with Crippen LogP contribution in [0.4, 0.5) is 5.69 Å². The minimum atomic E-state index is -0.985. The fourth-order valence-electron chi connectivity index (χ4n) is 2.37. The van der Waals surface area contributed by atoms with Crippen LogP contribution in [-0.2, 0) is 17.8 Å². The highest BCUT2D eigenvalue weighted by Crippen LogP contribution is 2.29. The number of rotatable bonds is 4. The molecule has 0 saturated heterocycles. The summed E-state index contributed by atoms with van der Waals surface area (Å²) in [5, 5.41) is 9.03. The minimum absolute atomic E-state index is 0.00246. The van der Waals surface area contributed by atoms with Gasteiger partial charge in [0.25, 0.3) is 0 Å². The van der Waals surface area contributed by atoms with E-state index >= 15 is 0 Å². The molecular weight excluding hydrogens is 258 g/mol. The highest BCUT2D eigenvalue weighted by atomic mass is 16.4. The first-order valence-corrected chi connectivity index (χ1v) is 6.27. The molecule has 0 spiro atoms. The van der Waals surface area contributed by atoms with Crippen molar-refractivity contribution in [1.82, 2.24) is 9.55 Å². The number of hydrogen-bond donors (Lipinski definition) is 1. The maximum absolute atomic E-state index is 12.0. The number of imidazole rings is 1. The summed E-state index contributed by atoms with van der Waals surface area (Å²) in [5.41, 5.74) is 1.78. The second-order valence-electron chi connectivity index (χ2n) is 4.67. The predicted octanol–water partition coefficient (Wildman–Crippen LogP) is 1.17. The van der Waals surface area contributed by atoms with Crippen molar-refractivity contribution >= 4 is 17.6 Å². The molecule has 2 heterocycles. The van der Waals surface area contributed by atoms with Gasteiger partial charge >= 0.3 is 5.97 Å². The first-order valence-electron chi connectivity index (χ1n) is 6.27. The number of carboxylic acids is 1. The molecule has 6 nitrogen and oxygen atoms in total. The Bertz CT molecular complexity index is 664. The SMILES string of the molecule is O=C(O)c1ccc2c(c1)N(CCn1ccnc1)C(=O)C2. The highest BCUT2D eigenvalue weighted by molar-refractivity contribution is 6.03. The van der Waals surface area contributed by atoms with Crippen LogP contribution in [0.5, 0.6) is 0 Å². The summed E-state index contributed by atoms with van der Waals surface area (Å²) in [7, 11) is 0. The van der Waals surface area contributed by atoms with Gasteiger partial charge < -0.3 is 14.6 Å². The Balaban J connectivity index is 1.84. The van der Waals surface area contributed by atoms with E-state index in [1.54, 1.807) is 29.6 Å². The fraction of sp³-hybridized carbons (Fsp3) is 0.214. The largest absolute Gasteiger partial charge is 0.478 e. The molecule has 0 bridgehead atoms. The normalized spacial score (nSPS) is 13.6. The number of fused-ring (bicyclic) bond motifs is 1. The van der Waals surface area contributed by atoms with E-state index in [2.05, 4.69) is 4.98 Å². The smallest absolute Gasteiger partial charge is 0.335 e. The van der Waals surface area contributed by atoms with E-state index in [9.17, 15) is 9.59 Å². The van der Waals surface area contributed by atoms with Gasteiger partial charge in [0.2, 0.25) is 5.91 Å². The third-order valence-corrected chi connectivity index (χ3v) is 3.41. The molecule has 3 rings (SSSR count). The van der Waals surface area contributed by atoms with Gasteiger partial charge in [-0.1, -0.05) is 6.07 Å². The van der Waals surface area contributed by atoms with Crippen molar-refractivity contribution in [1.29, 1.82) is 0 Å². The zero-order chi connectivity index (χ0) is 14.1. The topological polar surface area (TPSA) is 75.4 Å². The van der Waals surface area contributed by atoms with E-state index in [1.165, 1.54) is 6.07 Å². The molecule has 6 heteroatoms. The number of carbonyl (C=O) groups excluding carboxylic acids is 1. The van der Waals surface area contributed by atoms with Gasteiger partial charge in [-0.05, 0) is 17.7 Å². The van der Waals surface area contributed by atoms with Gasteiger partial charge in [-0.2, -0.15) is 0 Å². The van der Waals surface area contributed by atoms with Crippen molar-refractivity contribution in [3.63, 3.8) is 0 Å². The van der Waals surface area contributed by atoms with Gasteiger partial charge in [-0.25, -0.2) is 9.78 Å². The monoisotopic (exact) mass is 271 g/mol. The number of anilines is 1. The molecule has 0 radical (unpaired) electrons. The van der Waals surface area contributed by atoms with Crippen LogP contribution < -0.4 is 4.90 Å². The van der Waals surface area contributed by atoms with Crippen LogP contribution in [0, 0.1) is 0 Å². The number of aromatic carboxylic acids is 1. The number of benzene rings is 1. The summed E-state index contributed by atoms with van der Waals surface area (Å²) < 4.78 is 1.88. The predicted molar refractivity (Wildman–Crippen MR) is 71.7 cm³/mol. The average Bonchev–Trinajstić information content (AvgIpc) is 3.02. The molecule has 0 saturated carbocycles. The molecule has 0 atom stereocenters. The molecule has 2 aromatic rings. The van der Waals surface area contributed by atoms with Crippen molar-refractivity contribution < 1.29 is 14.7 Å². The molecule has 1 aliphatic heterocycles. The Kier molecular flexibility index (Phi) is 2.98. The van der Waals surface area contributed by atoms with E-state index in [-0.39, 0.29) is 11.5 Å². The lowest BCUT2D eigenvalue weighted by molar-refractivity contribution is -0.117. The zero-order valence-corrected chi connectivity index (χ0v) is 10.7. The first-order chi connectivity index (χ1) is 9.65. The molecule has 0 aliphatic carbocycles. The Morgan fingerprint density at radius 2 is 2.20 bits per heavy atom. The lowest BCUT2D eigenvalue weighted by Gasteiger charge is -2.18. The summed E-state index contributed by atoms with van der Waals surface area (Å²) in [6.07, 6.45) is 5.53. The molecule has 1 aliphatic rings. The lowest BCUT2D eigenvalue weighted by atomic mass is 10.1. The van der Waals surface area contributed by atoms with Crippen LogP contribution in [0.3, 0.4) is 0 Å². The lowest BCUT2D eigenvalue weighted by Crippen LogP contribution is -2.30. The van der Waals surface area contributed by atoms with Crippen LogP contribution in [-0.4, -0.2) is 33.1 Å². The Morgan fingerprint density at radius 1 is 1.35 bits per heavy atom. The van der Waals surface area contributed by atoms with Crippen LogP contribution in [0.2, 0.25) is 0 Å². The molecule has 102 valence electrons. The van der Waals surface area contributed by atoms with Crippen LogP contribution in [0.1, 0.15) is 15.9 Å². The molecule has 1 aromatic carbocycles. The van der Waals surface area contributed by atoms with E-state index in [0.717, 1.165) is 5.56 Å². The number of hydrogen-bond acceptors (Lipinski definition) is 3. The van der Waals surface area contributed by atoms with Crippen LogP contribution in [0.15, 0.2) is 36.9 Å². The molecule has 0 fully saturated rings. The summed E-state index contributed by atoms with van der Waals surface area (Å²) in [6, 6.07) is 4.82. The van der Waals surface area contributed by atoms with E-state index < -0.39 is 5.97 Å². The first kappa shape index (κ1) is 12.4. The van der Waals surface area contributed by atoms with E-state index in [4.69, 9.17) is 5.11 Å². The standard InChI is InChI=1S/C14H13N3O3/c18-13-8-10-1-2-11(14(19)20)7-12(10)17(13)6-5-16-4-3-15-9-16/h1-4,7,9H,5-6,8H2,(H,19,20). The number of amides is 1. The van der Waals surface area contributed by atoms with Gasteiger partial charge in [0, 0.05) is 31.2 Å². The highest BCUT2D eigenvalue weighted by Gasteiger charge is 2.27. The number of carbonyl (C=O) groups is 2. The summed E-state index contributed by atoms with van der Waals surface area (Å²) in [4.78, 5) is 28.6. The van der Waals surface area contributed by atoms with Crippen LogP contribution in [0.25, 0.3) is 0 Å². The molecule has 1 aromatic heterocycles. The molecule has 20 heavy (non-hydrogen) atoms. The maximum atomic E-state index is 12.0. The van der Waals surface area contributed by atoms with Gasteiger partial charge in [0.1, 0.15) is 0 Å². The maximum Gasteiger partial charge on any atom is 0.335 e. The van der Waals surface area contributed by atoms with Crippen molar-refractivity contribution in [2.75, 3.05) is 11.4 Å². The van der Waals surface area contributed by atoms with Crippen molar-refractivity contribution in [3.05, 3.63) is 48.0 Å². The number of nitrogens with zero attached hydrogens (tertiary/aromatic N) is 3. The third kappa shape index (κ3) is 2.16. The van der Waals surface area contributed by atoms with Crippen LogP contribution >= 0.6 is 0 Å². The molecule has 1 N–H and O–H groups in total. The Labute approximate surface area is 115 Å². The Hall–Kier alpha value is -2.63. The molecular formula is C14H13N3O3. The molecule has 0 unspecified atom stereocenters. The minimum Gasteiger partial charge on any atom is -0.478 e. The van der Waals surface area contributed by atoms with Gasteiger partial charge in [0.15, 0.2) is 0 Å². The van der Waals surface area contributed by atoms with Crippen molar-refractivity contribution in [2.45, 2.75) is 13.0 Å². The second kappa shape index (κ2) is 4.80. The number of aromatic nitrogens is 2. The van der Waals surface area contributed by atoms with Crippen molar-refractivity contribution in [2.24, 2.45) is 0 Å². The summed E-state index contributed by atoms with van der Waals surface area (Å²) >= 11 is 0. The molecule has 1 amide bonds. The average molecular weight is 271 g/mol. The quantitative estimate of drug-likeness (QED) is 0.905. The number of carboxylic acid groups (broad SMARTS) is 1. The van der Waals surface area contributed by atoms with Gasteiger partial charge in [-0.15, -0.1) is 0 Å². The summed E-state index contributed by atoms with van der Waals surface area (Å²) in [6.45, 7) is 1.13. The van der Waals surface area contributed by atoms with E-state index in [1.807, 2.05) is 10.8 Å². The van der Waals surface area contributed by atoms with E-state index in [0.29, 0.717) is 25.2 Å². The second-order valence-corrected chi connectivity index (χ2v) is 4.67.